The van der Waals surface area contributed by atoms with Gasteiger partial charge in [-0.1, -0.05) is 34.1 Å². The highest BCUT2D eigenvalue weighted by molar-refractivity contribution is 8.78. The molecule has 4 heteroatoms. The summed E-state index contributed by atoms with van der Waals surface area (Å²) in [5.41, 5.74) is 0. The molecule has 1 atom stereocenters. The van der Waals surface area contributed by atoms with E-state index >= 15 is 0 Å². The molecule has 0 saturated carbocycles. The van der Waals surface area contributed by atoms with Gasteiger partial charge in [-0.05, 0) is 18.2 Å². The van der Waals surface area contributed by atoms with Gasteiger partial charge in [0.25, 0.3) is 0 Å². The zero-order valence-corrected chi connectivity index (χ0v) is 8.37. The van der Waals surface area contributed by atoms with Crippen LogP contribution in [0.15, 0.2) is 11.5 Å². The first-order chi connectivity index (χ1) is 5.79. The number of carbonyl (C=O) groups is 1. The Morgan fingerprint density at radius 2 is 2.33 bits per heavy atom. The summed E-state index contributed by atoms with van der Waals surface area (Å²) in [6, 6.07) is 0. The van der Waals surface area contributed by atoms with Crippen molar-refractivity contribution in [1.29, 1.82) is 0 Å². The number of carboxylic acid groups (broad SMARTS) is 1. The molecule has 0 aliphatic carbocycles. The lowest BCUT2D eigenvalue weighted by molar-refractivity contribution is -0.137. The molecule has 0 fully saturated rings. The van der Waals surface area contributed by atoms with Crippen LogP contribution in [-0.4, -0.2) is 16.3 Å². The lowest BCUT2D eigenvalue weighted by Crippen LogP contribution is -1.97. The zero-order valence-electron chi connectivity index (χ0n) is 6.73. The first-order valence-corrected chi connectivity index (χ1v) is 6.27. The van der Waals surface area contributed by atoms with Crippen molar-refractivity contribution in [1.82, 2.24) is 0 Å². The Morgan fingerprint density at radius 1 is 1.50 bits per heavy atom. The Bertz CT molecular complexity index is 180. The van der Waals surface area contributed by atoms with E-state index in [1.807, 2.05) is 10.8 Å². The molecule has 0 unspecified atom stereocenters. The van der Waals surface area contributed by atoms with Crippen molar-refractivity contribution in [3.63, 3.8) is 0 Å². The third kappa shape index (κ3) is 4.07. The Labute approximate surface area is 80.2 Å². The summed E-state index contributed by atoms with van der Waals surface area (Å²) in [4.78, 5) is 10.2. The molecule has 12 heavy (non-hydrogen) atoms. The van der Waals surface area contributed by atoms with Crippen LogP contribution in [0.5, 0.6) is 0 Å². The highest BCUT2D eigenvalue weighted by Gasteiger charge is 2.09. The van der Waals surface area contributed by atoms with E-state index in [1.165, 1.54) is 0 Å². The Kier molecular flexibility index (Phi) is 4.61. The normalized spacial score (nSPS) is 21.5. The smallest absolute Gasteiger partial charge is 0.303 e. The van der Waals surface area contributed by atoms with E-state index in [1.54, 1.807) is 10.8 Å². The molecule has 1 aliphatic rings. The second-order valence-electron chi connectivity index (χ2n) is 2.70. The Morgan fingerprint density at radius 3 is 2.92 bits per heavy atom. The van der Waals surface area contributed by atoms with Gasteiger partial charge >= 0.3 is 5.97 Å². The molecule has 0 saturated heterocycles. The first-order valence-electron chi connectivity index (χ1n) is 3.99. The summed E-state index contributed by atoms with van der Waals surface area (Å²) in [7, 11) is 3.63. The third-order valence-electron chi connectivity index (χ3n) is 1.66. The van der Waals surface area contributed by atoms with Gasteiger partial charge in [0.1, 0.15) is 0 Å². The standard InChI is InChI=1S/C8H12O2S2/c9-8(10)4-2-1-3-7-5-6-11-12-7/h5-7H,1-4H2,(H,9,10)/t7-/m1/s1. The average molecular weight is 204 g/mol. The number of hydrogen-bond acceptors (Lipinski definition) is 3. The van der Waals surface area contributed by atoms with Gasteiger partial charge in [0.2, 0.25) is 0 Å². The van der Waals surface area contributed by atoms with Crippen molar-refractivity contribution < 1.29 is 9.90 Å². The molecular formula is C8H12O2S2. The van der Waals surface area contributed by atoms with E-state index < -0.39 is 5.97 Å². The van der Waals surface area contributed by atoms with Crippen LogP contribution < -0.4 is 0 Å². The minimum atomic E-state index is -0.681. The molecule has 68 valence electrons. The van der Waals surface area contributed by atoms with Gasteiger partial charge in [-0.3, -0.25) is 4.79 Å². The van der Waals surface area contributed by atoms with E-state index in [4.69, 9.17) is 5.11 Å². The van der Waals surface area contributed by atoms with Crippen molar-refractivity contribution in [3.8, 4) is 0 Å². The predicted octanol–water partition coefficient (Wildman–Crippen LogP) is 2.91. The van der Waals surface area contributed by atoms with Crippen LogP contribution in [0.3, 0.4) is 0 Å². The highest BCUT2D eigenvalue weighted by atomic mass is 33.1. The summed E-state index contributed by atoms with van der Waals surface area (Å²) in [6.45, 7) is 0. The summed E-state index contributed by atoms with van der Waals surface area (Å²) < 4.78 is 0. The molecule has 0 aromatic rings. The van der Waals surface area contributed by atoms with Crippen LogP contribution in [-0.2, 0) is 4.79 Å². The largest absolute Gasteiger partial charge is 0.481 e. The zero-order chi connectivity index (χ0) is 8.81. The lowest BCUT2D eigenvalue weighted by Gasteiger charge is -2.03. The highest BCUT2D eigenvalue weighted by Crippen LogP contribution is 2.37. The maximum absolute atomic E-state index is 10.2. The molecule has 1 heterocycles. The topological polar surface area (TPSA) is 37.3 Å². The lowest BCUT2D eigenvalue weighted by atomic mass is 10.1. The van der Waals surface area contributed by atoms with Crippen molar-refractivity contribution in [3.05, 3.63) is 11.5 Å². The quantitative estimate of drug-likeness (QED) is 0.552. The Balaban J connectivity index is 1.95. The maximum atomic E-state index is 10.2. The molecule has 2 nitrogen and oxygen atoms in total. The number of carboxylic acids is 1. The fourth-order valence-electron chi connectivity index (χ4n) is 1.02. The van der Waals surface area contributed by atoms with Gasteiger partial charge in [-0.15, -0.1) is 0 Å². The summed E-state index contributed by atoms with van der Waals surface area (Å²) in [5.74, 6) is -0.681. The number of hydrogen-bond donors (Lipinski definition) is 1. The van der Waals surface area contributed by atoms with Crippen molar-refractivity contribution in [2.75, 3.05) is 0 Å². The average Bonchev–Trinajstić information content (AvgIpc) is 2.49. The van der Waals surface area contributed by atoms with Gasteiger partial charge in [0, 0.05) is 11.7 Å². The molecule has 0 radical (unpaired) electrons. The number of rotatable bonds is 5. The summed E-state index contributed by atoms with van der Waals surface area (Å²) in [5, 5.41) is 11.1. The van der Waals surface area contributed by atoms with E-state index in [-0.39, 0.29) is 0 Å². The predicted molar refractivity (Wildman–Crippen MR) is 54.2 cm³/mol. The van der Waals surface area contributed by atoms with Crippen molar-refractivity contribution >= 4 is 27.6 Å². The van der Waals surface area contributed by atoms with Gasteiger partial charge < -0.3 is 5.11 Å². The van der Waals surface area contributed by atoms with Crippen molar-refractivity contribution in [2.24, 2.45) is 0 Å². The molecule has 0 aromatic carbocycles. The molecule has 1 N–H and O–H groups in total. The Hall–Kier alpha value is -0.0900. The van der Waals surface area contributed by atoms with E-state index in [0.717, 1.165) is 19.3 Å². The summed E-state index contributed by atoms with van der Waals surface area (Å²) >= 11 is 0. The summed E-state index contributed by atoms with van der Waals surface area (Å²) in [6.07, 6.45) is 5.45. The SMILES string of the molecule is O=C(O)CCCC[C@@H]1C=CSS1. The van der Waals surface area contributed by atoms with E-state index in [0.29, 0.717) is 11.7 Å². The first kappa shape index (κ1) is 9.99. The van der Waals surface area contributed by atoms with Gasteiger partial charge in [0.05, 0.1) is 0 Å². The minimum absolute atomic E-state index is 0.314. The third-order valence-corrected chi connectivity index (χ3v) is 4.08. The molecular weight excluding hydrogens is 192 g/mol. The van der Waals surface area contributed by atoms with E-state index in [2.05, 4.69) is 11.5 Å². The van der Waals surface area contributed by atoms with Crippen LogP contribution in [0, 0.1) is 0 Å². The van der Waals surface area contributed by atoms with Gasteiger partial charge in [0.15, 0.2) is 0 Å². The second kappa shape index (κ2) is 5.54. The molecule has 0 aromatic heterocycles. The van der Waals surface area contributed by atoms with Gasteiger partial charge in [-0.25, -0.2) is 0 Å². The number of unbranched alkanes of at least 4 members (excludes halogenated alkanes) is 1. The fourth-order valence-corrected chi connectivity index (χ4v) is 3.28. The van der Waals surface area contributed by atoms with Crippen LogP contribution in [0.25, 0.3) is 0 Å². The van der Waals surface area contributed by atoms with Crippen LogP contribution >= 0.6 is 21.6 Å². The second-order valence-corrected chi connectivity index (χ2v) is 5.12. The molecule has 0 amide bonds. The number of aliphatic carboxylic acids is 1. The molecule has 1 rings (SSSR count). The monoisotopic (exact) mass is 204 g/mol. The van der Waals surface area contributed by atoms with Crippen LogP contribution in [0.4, 0.5) is 0 Å². The molecule has 0 spiro atoms. The van der Waals surface area contributed by atoms with E-state index in [9.17, 15) is 4.79 Å². The van der Waals surface area contributed by atoms with Gasteiger partial charge in [-0.2, -0.15) is 0 Å². The maximum Gasteiger partial charge on any atom is 0.303 e. The molecule has 0 bridgehead atoms. The fraction of sp³-hybridized carbons (Fsp3) is 0.625. The minimum Gasteiger partial charge on any atom is -0.481 e. The molecule has 1 aliphatic heterocycles. The van der Waals surface area contributed by atoms with Crippen LogP contribution in [0.1, 0.15) is 25.7 Å². The van der Waals surface area contributed by atoms with Crippen molar-refractivity contribution in [2.45, 2.75) is 30.9 Å². The van der Waals surface area contributed by atoms with Crippen LogP contribution in [0.2, 0.25) is 0 Å².